The van der Waals surface area contributed by atoms with Crippen molar-refractivity contribution in [1.29, 1.82) is 0 Å². The number of carbonyl (C=O) groups is 1. The number of urea groups is 1. The summed E-state index contributed by atoms with van der Waals surface area (Å²) >= 11 is 6.04. The smallest absolute Gasteiger partial charge is 0.346 e. The first-order valence-electron chi connectivity index (χ1n) is 9.70. The summed E-state index contributed by atoms with van der Waals surface area (Å²) in [5.41, 5.74) is 1.20. The van der Waals surface area contributed by atoms with Crippen LogP contribution >= 0.6 is 11.6 Å². The fourth-order valence-corrected chi connectivity index (χ4v) is 3.35. The molecule has 1 aliphatic rings. The van der Waals surface area contributed by atoms with E-state index in [0.29, 0.717) is 16.5 Å². The molecule has 0 radical (unpaired) electrons. The molecule has 3 aromatic rings. The number of anilines is 1. The Hall–Kier alpha value is -3.26. The van der Waals surface area contributed by atoms with Crippen molar-refractivity contribution in [1.82, 2.24) is 19.7 Å². The number of methoxy groups -OCH3 is 1. The van der Waals surface area contributed by atoms with Crippen molar-refractivity contribution >= 4 is 23.3 Å². The molecule has 1 heterocycles. The summed E-state index contributed by atoms with van der Waals surface area (Å²) in [6, 6.07) is 14.2. The highest BCUT2D eigenvalue weighted by molar-refractivity contribution is 6.33. The Kier molecular flexibility index (Phi) is 5.76. The third-order valence-electron chi connectivity index (χ3n) is 4.86. The lowest BCUT2D eigenvalue weighted by Crippen LogP contribution is -2.34. The lowest BCUT2D eigenvalue weighted by atomic mass is 10.2. The molecule has 156 valence electrons. The molecule has 0 spiro atoms. The van der Waals surface area contributed by atoms with E-state index in [4.69, 9.17) is 16.3 Å². The number of nitrogens with one attached hydrogen (secondary N) is 2. The zero-order valence-electron chi connectivity index (χ0n) is 16.5. The highest BCUT2D eigenvalue weighted by atomic mass is 35.5. The molecule has 2 N–H and O–H groups in total. The number of ether oxygens (including phenoxy) is 1. The molecular formula is C21H22ClN5O3. The zero-order chi connectivity index (χ0) is 21.1. The molecule has 1 fully saturated rings. The predicted octanol–water partition coefficient (Wildman–Crippen LogP) is 3.53. The minimum absolute atomic E-state index is 0.170. The van der Waals surface area contributed by atoms with Gasteiger partial charge in [0, 0.05) is 18.2 Å². The second-order valence-electron chi connectivity index (χ2n) is 7.02. The van der Waals surface area contributed by atoms with Gasteiger partial charge in [-0.3, -0.25) is 4.57 Å². The highest BCUT2D eigenvalue weighted by Gasteiger charge is 2.30. The molecule has 4 rings (SSSR count). The van der Waals surface area contributed by atoms with Gasteiger partial charge in [0.2, 0.25) is 0 Å². The summed E-state index contributed by atoms with van der Waals surface area (Å²) < 4.78 is 8.34. The van der Waals surface area contributed by atoms with Crippen molar-refractivity contribution < 1.29 is 9.53 Å². The Labute approximate surface area is 178 Å². The second-order valence-corrected chi connectivity index (χ2v) is 7.43. The first-order chi connectivity index (χ1) is 14.6. The molecule has 2 aromatic carbocycles. The van der Waals surface area contributed by atoms with Gasteiger partial charge in [-0.2, -0.15) is 0 Å². The van der Waals surface area contributed by atoms with E-state index in [1.54, 1.807) is 35.9 Å². The minimum atomic E-state index is -0.395. The molecule has 0 unspecified atom stereocenters. The van der Waals surface area contributed by atoms with Gasteiger partial charge in [-0.1, -0.05) is 23.7 Å². The van der Waals surface area contributed by atoms with Crippen LogP contribution in [0.1, 0.15) is 18.9 Å². The Morgan fingerprint density at radius 3 is 2.60 bits per heavy atom. The van der Waals surface area contributed by atoms with Gasteiger partial charge in [0.1, 0.15) is 5.75 Å². The van der Waals surface area contributed by atoms with E-state index in [2.05, 4.69) is 15.7 Å². The molecule has 0 atom stereocenters. The maximum absolute atomic E-state index is 12.9. The van der Waals surface area contributed by atoms with Crippen molar-refractivity contribution in [3.8, 4) is 17.1 Å². The predicted molar refractivity (Wildman–Crippen MR) is 115 cm³/mol. The fraction of sp³-hybridized carbons (Fsp3) is 0.286. The molecule has 0 saturated heterocycles. The van der Waals surface area contributed by atoms with Gasteiger partial charge in [0.15, 0.2) is 5.82 Å². The van der Waals surface area contributed by atoms with Crippen LogP contribution in [0.25, 0.3) is 11.4 Å². The summed E-state index contributed by atoms with van der Waals surface area (Å²) in [4.78, 5) is 25.0. The van der Waals surface area contributed by atoms with Crippen molar-refractivity contribution in [3.05, 3.63) is 64.0 Å². The summed E-state index contributed by atoms with van der Waals surface area (Å²) in [5, 5.41) is 10.4. The first kappa shape index (κ1) is 20.0. The number of amides is 2. The quantitative estimate of drug-likeness (QED) is 0.603. The maximum Gasteiger partial charge on any atom is 0.346 e. The standard InChI is InChI=1S/C21H22ClN5O3/c1-30-16-10-6-14(7-11-16)19-25-26(21(29)27(19)15-8-9-15)13-12-23-20(28)24-18-5-3-2-4-17(18)22/h2-7,10-11,15H,8-9,12-13H2,1H3,(H2,23,24,28). The highest BCUT2D eigenvalue weighted by Crippen LogP contribution is 2.36. The average Bonchev–Trinajstić information content (AvgIpc) is 3.54. The zero-order valence-corrected chi connectivity index (χ0v) is 17.2. The lowest BCUT2D eigenvalue weighted by Gasteiger charge is -2.08. The van der Waals surface area contributed by atoms with Crippen molar-refractivity contribution in [3.63, 3.8) is 0 Å². The number of halogens is 1. The number of hydrogen-bond donors (Lipinski definition) is 2. The van der Waals surface area contributed by atoms with E-state index < -0.39 is 6.03 Å². The summed E-state index contributed by atoms with van der Waals surface area (Å²) in [6.45, 7) is 0.511. The van der Waals surface area contributed by atoms with Gasteiger partial charge in [0.25, 0.3) is 0 Å². The lowest BCUT2D eigenvalue weighted by molar-refractivity contribution is 0.251. The van der Waals surface area contributed by atoms with Crippen LogP contribution < -0.4 is 21.1 Å². The van der Waals surface area contributed by atoms with Crippen LogP contribution in [-0.4, -0.2) is 34.0 Å². The fourth-order valence-electron chi connectivity index (χ4n) is 3.17. The molecule has 0 aliphatic heterocycles. The average molecular weight is 428 g/mol. The molecular weight excluding hydrogens is 406 g/mol. The number of aromatic nitrogens is 3. The molecule has 1 aromatic heterocycles. The first-order valence-corrected chi connectivity index (χ1v) is 10.1. The largest absolute Gasteiger partial charge is 0.497 e. The van der Waals surface area contributed by atoms with Crippen molar-refractivity contribution in [2.45, 2.75) is 25.4 Å². The summed E-state index contributed by atoms with van der Waals surface area (Å²) in [6.07, 6.45) is 1.93. The van der Waals surface area contributed by atoms with Gasteiger partial charge in [-0.15, -0.1) is 5.10 Å². The van der Waals surface area contributed by atoms with Gasteiger partial charge in [0.05, 0.1) is 24.4 Å². The van der Waals surface area contributed by atoms with Crippen LogP contribution in [0.2, 0.25) is 5.02 Å². The minimum Gasteiger partial charge on any atom is -0.497 e. The summed E-state index contributed by atoms with van der Waals surface area (Å²) in [5.74, 6) is 1.37. The third-order valence-corrected chi connectivity index (χ3v) is 5.19. The monoisotopic (exact) mass is 427 g/mol. The molecule has 8 nitrogen and oxygen atoms in total. The van der Waals surface area contributed by atoms with Crippen LogP contribution in [0, 0.1) is 0 Å². The van der Waals surface area contributed by atoms with Crippen LogP contribution in [0.3, 0.4) is 0 Å². The van der Waals surface area contributed by atoms with Gasteiger partial charge in [-0.05, 0) is 49.2 Å². The molecule has 2 amide bonds. The number of rotatable bonds is 7. The van der Waals surface area contributed by atoms with Crippen molar-refractivity contribution in [2.75, 3.05) is 19.0 Å². The Balaban J connectivity index is 1.45. The number of nitrogens with zero attached hydrogens (tertiary/aromatic N) is 3. The molecule has 9 heteroatoms. The Morgan fingerprint density at radius 1 is 1.20 bits per heavy atom. The second kappa shape index (κ2) is 8.62. The van der Waals surface area contributed by atoms with E-state index >= 15 is 0 Å². The van der Waals surface area contributed by atoms with Crippen LogP contribution in [0.15, 0.2) is 53.3 Å². The molecule has 1 aliphatic carbocycles. The number of para-hydroxylation sites is 1. The normalized spacial score (nSPS) is 13.1. The van der Waals surface area contributed by atoms with E-state index in [9.17, 15) is 9.59 Å². The molecule has 30 heavy (non-hydrogen) atoms. The summed E-state index contributed by atoms with van der Waals surface area (Å²) in [7, 11) is 1.61. The van der Waals surface area contributed by atoms with Crippen LogP contribution in [0.4, 0.5) is 10.5 Å². The van der Waals surface area contributed by atoms with Gasteiger partial charge >= 0.3 is 11.7 Å². The Bertz CT molecular complexity index is 1100. The molecule has 1 saturated carbocycles. The van der Waals surface area contributed by atoms with E-state index in [1.807, 2.05) is 24.3 Å². The molecule has 0 bridgehead atoms. The maximum atomic E-state index is 12.9. The number of hydrogen-bond acceptors (Lipinski definition) is 4. The van der Waals surface area contributed by atoms with E-state index in [0.717, 1.165) is 24.2 Å². The third kappa shape index (κ3) is 4.33. The SMILES string of the molecule is COc1ccc(-c2nn(CCNC(=O)Nc3ccccc3Cl)c(=O)n2C2CC2)cc1. The Morgan fingerprint density at radius 2 is 1.93 bits per heavy atom. The number of carbonyl (C=O) groups excluding carboxylic acids is 1. The van der Waals surface area contributed by atoms with E-state index in [1.165, 1.54) is 4.68 Å². The van der Waals surface area contributed by atoms with Gasteiger partial charge in [-0.25, -0.2) is 14.3 Å². The van der Waals surface area contributed by atoms with Crippen LogP contribution in [0.5, 0.6) is 5.75 Å². The topological polar surface area (TPSA) is 90.2 Å². The van der Waals surface area contributed by atoms with Crippen LogP contribution in [-0.2, 0) is 6.54 Å². The van der Waals surface area contributed by atoms with Crippen molar-refractivity contribution in [2.24, 2.45) is 0 Å². The van der Waals surface area contributed by atoms with Gasteiger partial charge < -0.3 is 15.4 Å². The number of benzene rings is 2. The van der Waals surface area contributed by atoms with E-state index in [-0.39, 0.29) is 24.8 Å².